The first-order valence-electron chi connectivity index (χ1n) is 11.7. The maximum Gasteiger partial charge on any atom is 0.471 e. The van der Waals surface area contributed by atoms with Gasteiger partial charge in [0.25, 0.3) is 0 Å². The van der Waals surface area contributed by atoms with Crippen LogP contribution in [0.3, 0.4) is 0 Å². The number of rotatable bonds is 5. The lowest BCUT2D eigenvalue weighted by Gasteiger charge is -2.37. The number of carbonyl (C=O) groups is 3. The molecule has 198 valence electrons. The summed E-state index contributed by atoms with van der Waals surface area (Å²) in [6, 6.07) is 0.0166. The van der Waals surface area contributed by atoms with Gasteiger partial charge >= 0.3 is 12.1 Å². The van der Waals surface area contributed by atoms with Gasteiger partial charge in [-0.15, -0.1) is 0 Å². The van der Waals surface area contributed by atoms with Crippen LogP contribution in [0.15, 0.2) is 24.7 Å². The van der Waals surface area contributed by atoms with Gasteiger partial charge in [0.1, 0.15) is 12.1 Å². The summed E-state index contributed by atoms with van der Waals surface area (Å²) in [7, 11) is 0. The van der Waals surface area contributed by atoms with Gasteiger partial charge in [-0.05, 0) is 28.7 Å². The molecule has 0 spiro atoms. The van der Waals surface area contributed by atoms with E-state index in [1.54, 1.807) is 12.3 Å². The second-order valence-electron chi connectivity index (χ2n) is 11.2. The highest BCUT2D eigenvalue weighted by atomic mass is 19.4. The van der Waals surface area contributed by atoms with E-state index in [2.05, 4.69) is 15.4 Å². The Labute approximate surface area is 211 Å². The lowest BCUT2D eigenvalue weighted by Crippen LogP contribution is -2.60. The average Bonchev–Trinajstić information content (AvgIpc) is 3.21. The van der Waals surface area contributed by atoms with Crippen LogP contribution in [0, 0.1) is 34.0 Å². The van der Waals surface area contributed by atoms with Gasteiger partial charge in [0, 0.05) is 6.54 Å². The SMILES string of the molecule is CC(C)(C)C(NC(=O)C(F)(F)F)C(=O)N1C[C@H]2[C@@H]([C@H]1C(=O)N[C@@H](C#N)c1cn3nccc3cn1)C2(C)C. The van der Waals surface area contributed by atoms with Gasteiger partial charge in [-0.2, -0.15) is 23.5 Å². The minimum atomic E-state index is -5.17. The molecular formula is C24H28F3N7O3. The highest BCUT2D eigenvalue weighted by Gasteiger charge is 2.70. The van der Waals surface area contributed by atoms with E-state index in [1.807, 2.05) is 25.2 Å². The Morgan fingerprint density at radius 3 is 2.49 bits per heavy atom. The van der Waals surface area contributed by atoms with Crippen molar-refractivity contribution in [2.24, 2.45) is 22.7 Å². The van der Waals surface area contributed by atoms with E-state index in [9.17, 15) is 32.8 Å². The average molecular weight is 520 g/mol. The minimum Gasteiger partial charge on any atom is -0.336 e. The topological polar surface area (TPSA) is 132 Å². The van der Waals surface area contributed by atoms with E-state index >= 15 is 0 Å². The molecule has 2 aromatic rings. The van der Waals surface area contributed by atoms with E-state index in [0.717, 1.165) is 0 Å². The van der Waals surface area contributed by atoms with Crippen molar-refractivity contribution in [3.05, 3.63) is 30.4 Å². The van der Waals surface area contributed by atoms with Gasteiger partial charge in [0.2, 0.25) is 11.8 Å². The number of fused-ring (bicyclic) bond motifs is 2. The van der Waals surface area contributed by atoms with Gasteiger partial charge < -0.3 is 15.5 Å². The molecule has 0 radical (unpaired) electrons. The number of halogens is 3. The zero-order valence-electron chi connectivity index (χ0n) is 21.0. The Morgan fingerprint density at radius 2 is 1.89 bits per heavy atom. The van der Waals surface area contributed by atoms with Gasteiger partial charge in [-0.3, -0.25) is 19.4 Å². The molecule has 10 nitrogen and oxygen atoms in total. The predicted octanol–water partition coefficient (Wildman–Crippen LogP) is 1.99. The highest BCUT2D eigenvalue weighted by molar-refractivity contribution is 5.95. The maximum atomic E-state index is 13.6. The fourth-order valence-corrected chi connectivity index (χ4v) is 5.22. The van der Waals surface area contributed by atoms with Crippen LogP contribution < -0.4 is 10.6 Å². The van der Waals surface area contributed by atoms with E-state index < -0.39 is 47.4 Å². The molecule has 37 heavy (non-hydrogen) atoms. The number of amides is 3. The van der Waals surface area contributed by atoms with Crippen molar-refractivity contribution >= 4 is 23.2 Å². The molecule has 2 aromatic heterocycles. The molecule has 2 fully saturated rings. The molecule has 2 aliphatic rings. The molecule has 1 unspecified atom stereocenters. The van der Waals surface area contributed by atoms with Crippen LogP contribution in [-0.4, -0.2) is 62.0 Å². The predicted molar refractivity (Wildman–Crippen MR) is 123 cm³/mol. The Balaban J connectivity index is 1.60. The molecule has 0 aromatic carbocycles. The first-order valence-corrected chi connectivity index (χ1v) is 11.7. The Kier molecular flexibility index (Phi) is 6.21. The van der Waals surface area contributed by atoms with Crippen molar-refractivity contribution in [3.8, 4) is 6.07 Å². The monoisotopic (exact) mass is 519 g/mol. The number of nitriles is 1. The Morgan fingerprint density at radius 1 is 1.22 bits per heavy atom. The summed E-state index contributed by atoms with van der Waals surface area (Å²) in [4.78, 5) is 44.3. The van der Waals surface area contributed by atoms with Crippen LogP contribution in [0.5, 0.6) is 0 Å². The molecule has 0 bridgehead atoms. The fraction of sp³-hybridized carbons (Fsp3) is 0.583. The van der Waals surface area contributed by atoms with E-state index in [0.29, 0.717) is 5.52 Å². The van der Waals surface area contributed by atoms with Crippen molar-refractivity contribution in [3.63, 3.8) is 0 Å². The zero-order valence-corrected chi connectivity index (χ0v) is 21.0. The standard InChI is InChI=1S/C24H28F3N7O3/c1-22(2,3)18(32-21(37)24(25,26)27)20(36)33-10-13-16(23(13,4)5)17(33)19(35)31-14(8-28)15-11-34-12(9-29-15)6-7-30-34/h6-7,9,11,13-14,16-18H,10H2,1-5H3,(H,31,35)(H,32,37)/t13-,14-,16-,17-,18?/m0/s1. The van der Waals surface area contributed by atoms with E-state index in [1.165, 1.54) is 42.6 Å². The van der Waals surface area contributed by atoms with Crippen molar-refractivity contribution < 1.29 is 27.6 Å². The summed E-state index contributed by atoms with van der Waals surface area (Å²) in [6.45, 7) is 8.65. The Hall–Kier alpha value is -3.69. The number of hydrogen-bond acceptors (Lipinski definition) is 6. The second kappa shape index (κ2) is 8.71. The van der Waals surface area contributed by atoms with Gasteiger partial charge in [-0.25, -0.2) is 4.52 Å². The molecule has 13 heteroatoms. The summed E-state index contributed by atoms with van der Waals surface area (Å²) in [5.74, 6) is -3.93. The lowest BCUT2D eigenvalue weighted by molar-refractivity contribution is -0.176. The minimum absolute atomic E-state index is 0.0507. The quantitative estimate of drug-likeness (QED) is 0.621. The maximum absolute atomic E-state index is 13.6. The largest absolute Gasteiger partial charge is 0.471 e. The van der Waals surface area contributed by atoms with Crippen molar-refractivity contribution in [2.75, 3.05) is 6.54 Å². The molecule has 2 N–H and O–H groups in total. The smallest absolute Gasteiger partial charge is 0.336 e. The molecule has 5 atom stereocenters. The van der Waals surface area contributed by atoms with Gasteiger partial charge in [0.15, 0.2) is 6.04 Å². The lowest BCUT2D eigenvalue weighted by atomic mass is 9.85. The molecule has 3 heterocycles. The summed E-state index contributed by atoms with van der Waals surface area (Å²) in [5.41, 5.74) is -0.422. The molecule has 3 amide bonds. The second-order valence-corrected chi connectivity index (χ2v) is 11.2. The number of piperidine rings is 1. The van der Waals surface area contributed by atoms with Crippen LogP contribution in [0.2, 0.25) is 0 Å². The zero-order chi connectivity index (χ0) is 27.5. The number of likely N-dealkylation sites (tertiary alicyclic amines) is 1. The van der Waals surface area contributed by atoms with E-state index in [-0.39, 0.29) is 29.5 Å². The molecule has 1 saturated heterocycles. The van der Waals surface area contributed by atoms with Crippen molar-refractivity contribution in [2.45, 2.75) is 58.9 Å². The molecule has 4 rings (SSSR count). The Bertz CT molecular complexity index is 1290. The number of alkyl halides is 3. The number of hydrogen-bond donors (Lipinski definition) is 2. The highest BCUT2D eigenvalue weighted by Crippen LogP contribution is 2.65. The van der Waals surface area contributed by atoms with Crippen molar-refractivity contribution in [1.29, 1.82) is 5.26 Å². The van der Waals surface area contributed by atoms with Crippen LogP contribution in [0.1, 0.15) is 46.4 Å². The summed E-state index contributed by atoms with van der Waals surface area (Å²) < 4.78 is 40.5. The first-order chi connectivity index (χ1) is 17.1. The third-order valence-electron chi connectivity index (χ3n) is 7.42. The summed E-state index contributed by atoms with van der Waals surface area (Å²) >= 11 is 0. The first kappa shape index (κ1) is 26.4. The van der Waals surface area contributed by atoms with E-state index in [4.69, 9.17) is 0 Å². The normalized spacial score (nSPS) is 24.1. The van der Waals surface area contributed by atoms with Gasteiger partial charge in [-0.1, -0.05) is 34.6 Å². The fourth-order valence-electron chi connectivity index (χ4n) is 5.22. The molecular weight excluding hydrogens is 491 g/mol. The van der Waals surface area contributed by atoms with Crippen LogP contribution in [0.25, 0.3) is 5.52 Å². The number of carbonyl (C=O) groups excluding carboxylic acids is 3. The molecule has 1 aliphatic heterocycles. The molecule has 1 aliphatic carbocycles. The van der Waals surface area contributed by atoms with Crippen LogP contribution in [0.4, 0.5) is 13.2 Å². The number of aromatic nitrogens is 3. The van der Waals surface area contributed by atoms with Crippen LogP contribution in [-0.2, 0) is 14.4 Å². The summed E-state index contributed by atoms with van der Waals surface area (Å²) in [5, 5.41) is 18.3. The third kappa shape index (κ3) is 4.72. The molecule has 1 saturated carbocycles. The number of nitrogens with one attached hydrogen (secondary N) is 2. The van der Waals surface area contributed by atoms with Crippen LogP contribution >= 0.6 is 0 Å². The summed E-state index contributed by atoms with van der Waals surface area (Å²) in [6.07, 6.45) is -0.603. The number of nitrogens with zero attached hydrogens (tertiary/aromatic N) is 5. The van der Waals surface area contributed by atoms with Gasteiger partial charge in [0.05, 0.1) is 35.9 Å². The third-order valence-corrected chi connectivity index (χ3v) is 7.42. The van der Waals surface area contributed by atoms with Crippen molar-refractivity contribution in [1.82, 2.24) is 30.1 Å².